The molecule has 0 spiro atoms. The van der Waals surface area contributed by atoms with Crippen molar-refractivity contribution in [1.29, 1.82) is 5.26 Å². The molecule has 164 valence electrons. The largest absolute Gasteiger partial charge is 0.496 e. The van der Waals surface area contributed by atoms with E-state index in [0.29, 0.717) is 42.0 Å². The molecule has 0 aliphatic heterocycles. The molecule has 31 heavy (non-hydrogen) atoms. The summed E-state index contributed by atoms with van der Waals surface area (Å²) in [4.78, 5) is 21.1. The zero-order valence-corrected chi connectivity index (χ0v) is 17.6. The lowest BCUT2D eigenvalue weighted by Crippen LogP contribution is -2.32. The predicted molar refractivity (Wildman–Crippen MR) is 113 cm³/mol. The minimum absolute atomic E-state index is 0.376. The van der Waals surface area contributed by atoms with Crippen molar-refractivity contribution in [2.45, 2.75) is 11.8 Å². The van der Waals surface area contributed by atoms with E-state index in [1.165, 1.54) is 6.07 Å². The molecular weight excluding hydrogens is 403 g/mol. The summed E-state index contributed by atoms with van der Waals surface area (Å²) < 4.78 is 19.9. The summed E-state index contributed by atoms with van der Waals surface area (Å²) in [6.45, 7) is 0.653. The first-order chi connectivity index (χ1) is 14.7. The third kappa shape index (κ3) is 7.24. The smallest absolute Gasteiger partial charge is 0.328 e. The van der Waals surface area contributed by atoms with Gasteiger partial charge in [-0.25, -0.2) is 14.0 Å². The maximum atomic E-state index is 14.5. The zero-order chi connectivity index (χ0) is 23.4. The molecule has 0 heterocycles. The Morgan fingerprint density at radius 2 is 1.58 bits per heavy atom. The van der Waals surface area contributed by atoms with E-state index < -0.39 is 17.4 Å². The highest BCUT2D eigenvalue weighted by atomic mass is 19.1. The molecule has 1 atom stereocenters. The zero-order valence-electron chi connectivity index (χ0n) is 17.6. The second-order valence-electron chi connectivity index (χ2n) is 6.76. The van der Waals surface area contributed by atoms with Crippen LogP contribution in [-0.4, -0.2) is 54.8 Å². The highest BCUT2D eigenvalue weighted by Crippen LogP contribution is 2.41. The number of hydrogen-bond acceptors (Lipinski definition) is 5. The van der Waals surface area contributed by atoms with Crippen LogP contribution >= 0.6 is 0 Å². The topological polar surface area (TPSA) is 111 Å². The second-order valence-corrected chi connectivity index (χ2v) is 6.76. The van der Waals surface area contributed by atoms with Gasteiger partial charge in [0.25, 0.3) is 0 Å². The monoisotopic (exact) mass is 428 g/mol. The molecule has 2 rings (SSSR count). The summed E-state index contributed by atoms with van der Waals surface area (Å²) in [5.74, 6) is -2.30. The molecule has 0 saturated carbocycles. The number of rotatable bonds is 8. The number of nitriles is 1. The van der Waals surface area contributed by atoms with Crippen LogP contribution in [0.5, 0.6) is 5.75 Å². The average Bonchev–Trinajstić information content (AvgIpc) is 2.74. The fourth-order valence-corrected chi connectivity index (χ4v) is 2.93. The van der Waals surface area contributed by atoms with Crippen molar-refractivity contribution >= 4 is 11.9 Å². The summed E-state index contributed by atoms with van der Waals surface area (Å²) in [7, 11) is 5.44. The van der Waals surface area contributed by atoms with Crippen LogP contribution in [0.4, 0.5) is 4.39 Å². The number of methoxy groups -OCH3 is 1. The van der Waals surface area contributed by atoms with Crippen molar-refractivity contribution in [1.82, 2.24) is 4.90 Å². The number of para-hydroxylation sites is 1. The van der Waals surface area contributed by atoms with Crippen LogP contribution < -0.4 is 4.74 Å². The lowest BCUT2D eigenvalue weighted by Gasteiger charge is -2.30. The number of benzene rings is 2. The first kappa shape index (κ1) is 25.3. The number of aliphatic carboxylic acids is 2. The van der Waals surface area contributed by atoms with Gasteiger partial charge in [-0.05, 0) is 39.2 Å². The Labute approximate surface area is 180 Å². The molecule has 1 unspecified atom stereocenters. The van der Waals surface area contributed by atoms with Gasteiger partial charge in [-0.2, -0.15) is 5.26 Å². The first-order valence-corrected chi connectivity index (χ1v) is 9.26. The van der Waals surface area contributed by atoms with Gasteiger partial charge in [0.1, 0.15) is 17.0 Å². The molecule has 0 saturated heterocycles. The third-order valence-corrected chi connectivity index (χ3v) is 4.39. The van der Waals surface area contributed by atoms with Crippen LogP contribution in [0.3, 0.4) is 0 Å². The summed E-state index contributed by atoms with van der Waals surface area (Å²) in [6, 6.07) is 16.2. The van der Waals surface area contributed by atoms with Crippen molar-refractivity contribution in [3.8, 4) is 11.8 Å². The Hall–Kier alpha value is -3.70. The van der Waals surface area contributed by atoms with Crippen LogP contribution in [-0.2, 0) is 15.0 Å². The van der Waals surface area contributed by atoms with Gasteiger partial charge in [-0.3, -0.25) is 0 Å². The standard InChI is InChI=1S/C19H21FN2O.C4H4O4/c1-22(2)13-12-19(14-21,15-8-4-6-10-17(15)20)16-9-5-7-11-18(16)23-3;5-3(6)1-2-4(7)8/h4-11H,12-13H2,1-3H3;1-2H,(H,5,6)(H,7,8). The Kier molecular flexibility index (Phi) is 9.89. The quantitative estimate of drug-likeness (QED) is 0.621. The molecule has 0 bridgehead atoms. The van der Waals surface area contributed by atoms with E-state index >= 15 is 0 Å². The lowest BCUT2D eigenvalue weighted by molar-refractivity contribution is -0.134. The Balaban J connectivity index is 0.000000512. The molecule has 8 heteroatoms. The average molecular weight is 428 g/mol. The van der Waals surface area contributed by atoms with Gasteiger partial charge in [0.15, 0.2) is 0 Å². The fraction of sp³-hybridized carbons (Fsp3) is 0.261. The van der Waals surface area contributed by atoms with Gasteiger partial charge in [0.2, 0.25) is 0 Å². The highest BCUT2D eigenvalue weighted by molar-refractivity contribution is 5.89. The minimum Gasteiger partial charge on any atom is -0.496 e. The van der Waals surface area contributed by atoms with Gasteiger partial charge in [0, 0.05) is 23.3 Å². The number of carbonyl (C=O) groups is 2. The Morgan fingerprint density at radius 1 is 1.06 bits per heavy atom. The van der Waals surface area contributed by atoms with E-state index in [9.17, 15) is 19.2 Å². The molecule has 7 nitrogen and oxygen atoms in total. The maximum absolute atomic E-state index is 14.5. The van der Waals surface area contributed by atoms with Crippen molar-refractivity contribution in [3.63, 3.8) is 0 Å². The van der Waals surface area contributed by atoms with Gasteiger partial charge in [-0.1, -0.05) is 36.4 Å². The Morgan fingerprint density at radius 3 is 2.03 bits per heavy atom. The SMILES string of the molecule is COc1ccccc1C(C#N)(CCN(C)C)c1ccccc1F.O=C(O)C=CC(=O)O. The summed E-state index contributed by atoms with van der Waals surface area (Å²) in [5.41, 5.74) is -0.0202. The van der Waals surface area contributed by atoms with Crippen LogP contribution in [0.15, 0.2) is 60.7 Å². The van der Waals surface area contributed by atoms with E-state index in [0.717, 1.165) is 0 Å². The van der Waals surface area contributed by atoms with Crippen molar-refractivity contribution in [2.24, 2.45) is 0 Å². The van der Waals surface area contributed by atoms with Crippen molar-refractivity contribution in [3.05, 3.63) is 77.6 Å². The van der Waals surface area contributed by atoms with Crippen LogP contribution in [0.1, 0.15) is 17.5 Å². The fourth-order valence-electron chi connectivity index (χ4n) is 2.93. The van der Waals surface area contributed by atoms with E-state index in [4.69, 9.17) is 14.9 Å². The third-order valence-electron chi connectivity index (χ3n) is 4.39. The second kappa shape index (κ2) is 12.1. The van der Waals surface area contributed by atoms with E-state index in [1.54, 1.807) is 31.4 Å². The minimum atomic E-state index is -1.26. The number of carboxylic acids is 2. The molecule has 2 N–H and O–H groups in total. The molecule has 2 aromatic rings. The van der Waals surface area contributed by atoms with Gasteiger partial charge in [-0.15, -0.1) is 0 Å². The molecule has 0 aromatic heterocycles. The normalized spacial score (nSPS) is 12.4. The van der Waals surface area contributed by atoms with Crippen LogP contribution in [0.2, 0.25) is 0 Å². The molecule has 0 aliphatic carbocycles. The summed E-state index contributed by atoms with van der Waals surface area (Å²) in [5, 5.41) is 25.7. The van der Waals surface area contributed by atoms with E-state index in [2.05, 4.69) is 6.07 Å². The number of nitrogens with zero attached hydrogens (tertiary/aromatic N) is 2. The Bertz CT molecular complexity index is 952. The molecule has 0 radical (unpaired) electrons. The predicted octanol–water partition coefficient (Wildman–Crippen LogP) is 3.31. The van der Waals surface area contributed by atoms with E-state index in [-0.39, 0.29) is 5.82 Å². The number of halogens is 1. The lowest BCUT2D eigenvalue weighted by atomic mass is 9.72. The molecular formula is C23H25FN2O5. The molecule has 0 fully saturated rings. The van der Waals surface area contributed by atoms with E-state index in [1.807, 2.05) is 37.2 Å². The molecule has 2 aromatic carbocycles. The van der Waals surface area contributed by atoms with Gasteiger partial charge in [0.05, 0.1) is 13.2 Å². The number of ether oxygens (including phenoxy) is 1. The van der Waals surface area contributed by atoms with Crippen molar-refractivity contribution in [2.75, 3.05) is 27.7 Å². The van der Waals surface area contributed by atoms with Gasteiger partial charge >= 0.3 is 11.9 Å². The highest BCUT2D eigenvalue weighted by Gasteiger charge is 2.39. The molecule has 0 aliphatic rings. The van der Waals surface area contributed by atoms with Crippen LogP contribution in [0, 0.1) is 17.1 Å². The number of carboxylic acid groups (broad SMARTS) is 2. The first-order valence-electron chi connectivity index (χ1n) is 9.26. The van der Waals surface area contributed by atoms with Gasteiger partial charge < -0.3 is 19.8 Å². The number of hydrogen-bond donors (Lipinski definition) is 2. The maximum Gasteiger partial charge on any atom is 0.328 e. The van der Waals surface area contributed by atoms with Crippen LogP contribution in [0.25, 0.3) is 0 Å². The molecule has 0 amide bonds. The summed E-state index contributed by atoms with van der Waals surface area (Å²) >= 11 is 0. The van der Waals surface area contributed by atoms with Crippen molar-refractivity contribution < 1.29 is 28.9 Å². The summed E-state index contributed by atoms with van der Waals surface area (Å²) in [6.07, 6.45) is 1.59.